The van der Waals surface area contributed by atoms with Gasteiger partial charge in [0.05, 0.1) is 12.3 Å². The molecule has 24 heavy (non-hydrogen) atoms. The molecule has 0 spiro atoms. The molecule has 0 saturated carbocycles. The lowest BCUT2D eigenvalue weighted by Crippen LogP contribution is -2.13. The third-order valence-electron chi connectivity index (χ3n) is 3.52. The SMILES string of the molecule is CCOc1ccccc1CNCc1coc(-c2cccc(F)c2)n1. The number of hydrogen-bond acceptors (Lipinski definition) is 4. The molecule has 0 amide bonds. The average Bonchev–Trinajstić information content (AvgIpc) is 3.06. The van der Waals surface area contributed by atoms with Crippen LogP contribution < -0.4 is 10.1 Å². The Kier molecular flexibility index (Phi) is 5.23. The molecule has 0 atom stereocenters. The van der Waals surface area contributed by atoms with Crippen LogP contribution in [-0.4, -0.2) is 11.6 Å². The molecule has 1 aromatic heterocycles. The van der Waals surface area contributed by atoms with Crippen LogP contribution in [-0.2, 0) is 13.1 Å². The fourth-order valence-electron chi connectivity index (χ4n) is 2.41. The topological polar surface area (TPSA) is 47.3 Å². The molecule has 0 aliphatic rings. The lowest BCUT2D eigenvalue weighted by atomic mass is 10.2. The first-order valence-corrected chi connectivity index (χ1v) is 7.88. The summed E-state index contributed by atoms with van der Waals surface area (Å²) >= 11 is 0. The van der Waals surface area contributed by atoms with E-state index >= 15 is 0 Å². The lowest BCUT2D eigenvalue weighted by molar-refractivity contribution is 0.335. The fraction of sp³-hybridized carbons (Fsp3) is 0.211. The van der Waals surface area contributed by atoms with E-state index in [9.17, 15) is 4.39 Å². The minimum atomic E-state index is -0.307. The van der Waals surface area contributed by atoms with Crippen LogP contribution in [0, 0.1) is 5.82 Å². The maximum Gasteiger partial charge on any atom is 0.226 e. The molecule has 0 unspecified atom stereocenters. The number of para-hydroxylation sites is 1. The van der Waals surface area contributed by atoms with Crippen molar-refractivity contribution in [2.75, 3.05) is 6.61 Å². The second kappa shape index (κ2) is 7.75. The van der Waals surface area contributed by atoms with E-state index in [-0.39, 0.29) is 5.82 Å². The molecular formula is C19H19FN2O2. The Hall–Kier alpha value is -2.66. The van der Waals surface area contributed by atoms with E-state index in [2.05, 4.69) is 10.3 Å². The number of nitrogens with zero attached hydrogens (tertiary/aromatic N) is 1. The Balaban J connectivity index is 1.60. The van der Waals surface area contributed by atoms with Crippen LogP contribution >= 0.6 is 0 Å². The number of benzene rings is 2. The van der Waals surface area contributed by atoms with E-state index in [0.717, 1.165) is 17.0 Å². The smallest absolute Gasteiger partial charge is 0.226 e. The summed E-state index contributed by atoms with van der Waals surface area (Å²) in [5, 5.41) is 3.32. The number of hydrogen-bond donors (Lipinski definition) is 1. The van der Waals surface area contributed by atoms with Crippen LogP contribution in [0.5, 0.6) is 5.75 Å². The third kappa shape index (κ3) is 4.00. The molecule has 1 heterocycles. The molecule has 4 nitrogen and oxygen atoms in total. The summed E-state index contributed by atoms with van der Waals surface area (Å²) < 4.78 is 24.3. The molecule has 2 aromatic carbocycles. The van der Waals surface area contributed by atoms with Gasteiger partial charge in [-0.15, -0.1) is 0 Å². The summed E-state index contributed by atoms with van der Waals surface area (Å²) in [6.45, 7) is 3.82. The minimum absolute atomic E-state index is 0.307. The zero-order valence-electron chi connectivity index (χ0n) is 13.5. The van der Waals surface area contributed by atoms with Crippen molar-refractivity contribution in [3.8, 4) is 17.2 Å². The molecule has 124 valence electrons. The highest BCUT2D eigenvalue weighted by atomic mass is 19.1. The Morgan fingerprint density at radius 1 is 1.12 bits per heavy atom. The van der Waals surface area contributed by atoms with Crippen molar-refractivity contribution >= 4 is 0 Å². The van der Waals surface area contributed by atoms with Crippen LogP contribution in [0.3, 0.4) is 0 Å². The van der Waals surface area contributed by atoms with Gasteiger partial charge in [-0.05, 0) is 31.2 Å². The average molecular weight is 326 g/mol. The summed E-state index contributed by atoms with van der Waals surface area (Å²) in [6.07, 6.45) is 1.59. The molecule has 0 bridgehead atoms. The van der Waals surface area contributed by atoms with Crippen LogP contribution in [0.1, 0.15) is 18.2 Å². The van der Waals surface area contributed by atoms with Gasteiger partial charge in [0.15, 0.2) is 0 Å². The zero-order chi connectivity index (χ0) is 16.8. The zero-order valence-corrected chi connectivity index (χ0v) is 13.5. The Morgan fingerprint density at radius 3 is 2.83 bits per heavy atom. The van der Waals surface area contributed by atoms with Crippen molar-refractivity contribution in [2.45, 2.75) is 20.0 Å². The highest BCUT2D eigenvalue weighted by Crippen LogP contribution is 2.20. The van der Waals surface area contributed by atoms with E-state index in [1.54, 1.807) is 18.4 Å². The van der Waals surface area contributed by atoms with Gasteiger partial charge in [0, 0.05) is 24.2 Å². The Bertz CT molecular complexity index is 801. The van der Waals surface area contributed by atoms with Crippen LogP contribution in [0.2, 0.25) is 0 Å². The van der Waals surface area contributed by atoms with E-state index in [1.807, 2.05) is 31.2 Å². The van der Waals surface area contributed by atoms with Gasteiger partial charge in [-0.3, -0.25) is 0 Å². The van der Waals surface area contributed by atoms with E-state index in [1.165, 1.54) is 12.1 Å². The molecule has 3 aromatic rings. The van der Waals surface area contributed by atoms with Gasteiger partial charge in [0.2, 0.25) is 5.89 Å². The van der Waals surface area contributed by atoms with Gasteiger partial charge in [-0.2, -0.15) is 0 Å². The molecule has 0 radical (unpaired) electrons. The van der Waals surface area contributed by atoms with E-state index < -0.39 is 0 Å². The quantitative estimate of drug-likeness (QED) is 0.708. The summed E-state index contributed by atoms with van der Waals surface area (Å²) in [7, 11) is 0. The first-order chi connectivity index (χ1) is 11.8. The predicted octanol–water partition coefficient (Wildman–Crippen LogP) is 4.17. The monoisotopic (exact) mass is 326 g/mol. The number of halogens is 1. The van der Waals surface area contributed by atoms with Crippen molar-refractivity contribution in [2.24, 2.45) is 0 Å². The molecule has 0 saturated heterocycles. The summed E-state index contributed by atoms with van der Waals surface area (Å²) in [6, 6.07) is 14.1. The van der Waals surface area contributed by atoms with Crippen molar-refractivity contribution in [3.63, 3.8) is 0 Å². The van der Waals surface area contributed by atoms with Crippen LogP contribution in [0.25, 0.3) is 11.5 Å². The second-order valence-electron chi connectivity index (χ2n) is 5.30. The van der Waals surface area contributed by atoms with Crippen LogP contribution in [0.4, 0.5) is 4.39 Å². The van der Waals surface area contributed by atoms with Gasteiger partial charge in [0.25, 0.3) is 0 Å². The number of rotatable bonds is 7. The van der Waals surface area contributed by atoms with Crippen LogP contribution in [0.15, 0.2) is 59.2 Å². The summed E-state index contributed by atoms with van der Waals surface area (Å²) in [5.41, 5.74) is 2.49. The molecule has 0 aliphatic heterocycles. The number of aromatic nitrogens is 1. The number of oxazole rings is 1. The first kappa shape index (κ1) is 16.2. The highest BCUT2D eigenvalue weighted by Gasteiger charge is 2.08. The highest BCUT2D eigenvalue weighted by molar-refractivity contribution is 5.52. The minimum Gasteiger partial charge on any atom is -0.494 e. The van der Waals surface area contributed by atoms with Crippen molar-refractivity contribution in [3.05, 3.63) is 71.9 Å². The van der Waals surface area contributed by atoms with Gasteiger partial charge < -0.3 is 14.5 Å². The number of ether oxygens (including phenoxy) is 1. The molecule has 0 fully saturated rings. The normalized spacial score (nSPS) is 10.8. The van der Waals surface area contributed by atoms with Gasteiger partial charge in [0.1, 0.15) is 17.8 Å². The Labute approximate surface area is 140 Å². The maximum absolute atomic E-state index is 13.3. The lowest BCUT2D eigenvalue weighted by Gasteiger charge is -2.10. The second-order valence-corrected chi connectivity index (χ2v) is 5.30. The predicted molar refractivity (Wildman–Crippen MR) is 90.1 cm³/mol. The molecule has 1 N–H and O–H groups in total. The van der Waals surface area contributed by atoms with Crippen molar-refractivity contribution in [1.29, 1.82) is 0 Å². The fourth-order valence-corrected chi connectivity index (χ4v) is 2.41. The number of nitrogens with one attached hydrogen (secondary N) is 1. The summed E-state index contributed by atoms with van der Waals surface area (Å²) in [4.78, 5) is 4.38. The molecule has 5 heteroatoms. The van der Waals surface area contributed by atoms with Gasteiger partial charge in [-0.25, -0.2) is 9.37 Å². The molecule has 3 rings (SSSR count). The van der Waals surface area contributed by atoms with Gasteiger partial charge in [-0.1, -0.05) is 24.3 Å². The van der Waals surface area contributed by atoms with Gasteiger partial charge >= 0.3 is 0 Å². The maximum atomic E-state index is 13.3. The summed E-state index contributed by atoms with van der Waals surface area (Å²) in [5.74, 6) is 0.993. The van der Waals surface area contributed by atoms with E-state index in [0.29, 0.717) is 31.2 Å². The first-order valence-electron chi connectivity index (χ1n) is 7.88. The largest absolute Gasteiger partial charge is 0.494 e. The molecule has 0 aliphatic carbocycles. The van der Waals surface area contributed by atoms with E-state index in [4.69, 9.17) is 9.15 Å². The standard InChI is InChI=1S/C19H19FN2O2/c1-2-23-18-9-4-3-6-15(18)11-21-12-17-13-24-19(22-17)14-7-5-8-16(20)10-14/h3-10,13,21H,2,11-12H2,1H3. The van der Waals surface area contributed by atoms with Crippen molar-refractivity contribution in [1.82, 2.24) is 10.3 Å². The molecular weight excluding hydrogens is 307 g/mol. The Morgan fingerprint density at radius 2 is 2.00 bits per heavy atom. The third-order valence-corrected chi connectivity index (χ3v) is 3.52. The van der Waals surface area contributed by atoms with Crippen molar-refractivity contribution < 1.29 is 13.5 Å².